The number of ether oxygens (including phenoxy) is 1. The largest absolute Gasteiger partial charge is 0.380 e. The van der Waals surface area contributed by atoms with Crippen molar-refractivity contribution in [1.82, 2.24) is 0 Å². The van der Waals surface area contributed by atoms with Crippen molar-refractivity contribution in [3.8, 4) is 0 Å². The quantitative estimate of drug-likeness (QED) is 0.577. The SMILES string of the molecule is CSc1ccc(CCOCCN)cc1. The van der Waals surface area contributed by atoms with E-state index in [0.717, 1.165) is 13.0 Å². The lowest BCUT2D eigenvalue weighted by Crippen LogP contribution is -2.10. The maximum absolute atomic E-state index is 5.32. The Bertz CT molecular complexity index is 248. The molecule has 14 heavy (non-hydrogen) atoms. The zero-order valence-corrected chi connectivity index (χ0v) is 9.35. The van der Waals surface area contributed by atoms with Crippen molar-refractivity contribution in [1.29, 1.82) is 0 Å². The molecule has 0 bridgehead atoms. The van der Waals surface area contributed by atoms with Crippen LogP contribution in [0.3, 0.4) is 0 Å². The molecule has 2 nitrogen and oxygen atoms in total. The topological polar surface area (TPSA) is 35.2 Å². The van der Waals surface area contributed by atoms with Crippen molar-refractivity contribution in [2.75, 3.05) is 26.0 Å². The highest BCUT2D eigenvalue weighted by Gasteiger charge is 1.94. The molecule has 0 aliphatic heterocycles. The molecular weight excluding hydrogens is 194 g/mol. The third kappa shape index (κ3) is 4.13. The van der Waals surface area contributed by atoms with Gasteiger partial charge in [0.15, 0.2) is 0 Å². The first-order chi connectivity index (χ1) is 6.86. The van der Waals surface area contributed by atoms with Gasteiger partial charge in [-0.25, -0.2) is 0 Å². The fourth-order valence-electron chi connectivity index (χ4n) is 1.17. The van der Waals surface area contributed by atoms with Crippen LogP contribution in [0.25, 0.3) is 0 Å². The highest BCUT2D eigenvalue weighted by Crippen LogP contribution is 2.14. The fourth-order valence-corrected chi connectivity index (χ4v) is 1.58. The van der Waals surface area contributed by atoms with Crippen LogP contribution >= 0.6 is 11.8 Å². The van der Waals surface area contributed by atoms with E-state index in [1.165, 1.54) is 10.5 Å². The molecule has 0 radical (unpaired) electrons. The van der Waals surface area contributed by atoms with E-state index in [9.17, 15) is 0 Å². The number of benzene rings is 1. The summed E-state index contributed by atoms with van der Waals surface area (Å²) in [6.07, 6.45) is 3.05. The Morgan fingerprint density at radius 3 is 2.50 bits per heavy atom. The minimum atomic E-state index is 0.603. The first-order valence-corrected chi connectivity index (χ1v) is 6.00. The van der Waals surface area contributed by atoms with Gasteiger partial charge in [-0.3, -0.25) is 0 Å². The summed E-state index contributed by atoms with van der Waals surface area (Å²) < 4.78 is 5.31. The van der Waals surface area contributed by atoms with Gasteiger partial charge in [0.1, 0.15) is 0 Å². The molecule has 2 N–H and O–H groups in total. The Morgan fingerprint density at radius 2 is 1.93 bits per heavy atom. The number of rotatable bonds is 6. The highest BCUT2D eigenvalue weighted by atomic mass is 32.2. The van der Waals surface area contributed by atoms with Crippen molar-refractivity contribution < 1.29 is 4.74 Å². The monoisotopic (exact) mass is 211 g/mol. The maximum atomic E-state index is 5.32. The van der Waals surface area contributed by atoms with Crippen LogP contribution in [0.4, 0.5) is 0 Å². The lowest BCUT2D eigenvalue weighted by Gasteiger charge is -2.03. The molecule has 0 saturated carbocycles. The van der Waals surface area contributed by atoms with E-state index in [-0.39, 0.29) is 0 Å². The zero-order valence-electron chi connectivity index (χ0n) is 8.53. The molecule has 1 rings (SSSR count). The summed E-state index contributed by atoms with van der Waals surface area (Å²) in [4.78, 5) is 1.30. The van der Waals surface area contributed by atoms with E-state index < -0.39 is 0 Å². The summed E-state index contributed by atoms with van der Waals surface area (Å²) in [5.74, 6) is 0. The summed E-state index contributed by atoms with van der Waals surface area (Å²) in [6.45, 7) is 2.02. The smallest absolute Gasteiger partial charge is 0.0588 e. The van der Waals surface area contributed by atoms with E-state index in [2.05, 4.69) is 30.5 Å². The average Bonchev–Trinajstić information content (AvgIpc) is 2.25. The molecule has 0 aliphatic carbocycles. The van der Waals surface area contributed by atoms with Crippen LogP contribution in [-0.4, -0.2) is 26.0 Å². The van der Waals surface area contributed by atoms with Crippen molar-refractivity contribution in [3.63, 3.8) is 0 Å². The van der Waals surface area contributed by atoms with Crippen LogP contribution in [0.15, 0.2) is 29.2 Å². The lowest BCUT2D eigenvalue weighted by molar-refractivity contribution is 0.145. The Hall–Kier alpha value is -0.510. The molecule has 0 heterocycles. The van der Waals surface area contributed by atoms with Gasteiger partial charge in [-0.05, 0) is 30.4 Å². The Kier molecular flexibility index (Phi) is 5.68. The number of hydrogen-bond acceptors (Lipinski definition) is 3. The van der Waals surface area contributed by atoms with Gasteiger partial charge in [0.2, 0.25) is 0 Å². The number of hydrogen-bond donors (Lipinski definition) is 1. The maximum Gasteiger partial charge on any atom is 0.0588 e. The molecular formula is C11H17NOS. The van der Waals surface area contributed by atoms with Gasteiger partial charge in [-0.2, -0.15) is 0 Å². The third-order valence-corrected chi connectivity index (χ3v) is 2.70. The van der Waals surface area contributed by atoms with Crippen LogP contribution < -0.4 is 5.73 Å². The molecule has 0 unspecified atom stereocenters. The molecule has 0 amide bonds. The Labute approximate surface area is 89.8 Å². The molecule has 0 spiro atoms. The molecule has 0 aliphatic rings. The molecule has 0 aromatic heterocycles. The summed E-state index contributed by atoms with van der Waals surface area (Å²) in [5, 5.41) is 0. The Balaban J connectivity index is 2.29. The van der Waals surface area contributed by atoms with E-state index in [0.29, 0.717) is 13.2 Å². The van der Waals surface area contributed by atoms with Gasteiger partial charge < -0.3 is 10.5 Å². The van der Waals surface area contributed by atoms with Gasteiger partial charge in [0.25, 0.3) is 0 Å². The molecule has 0 atom stereocenters. The summed E-state index contributed by atoms with van der Waals surface area (Å²) in [6, 6.07) is 8.58. The predicted molar refractivity (Wildman–Crippen MR) is 61.8 cm³/mol. The van der Waals surface area contributed by atoms with Crippen molar-refractivity contribution in [2.24, 2.45) is 5.73 Å². The van der Waals surface area contributed by atoms with E-state index in [1.807, 2.05) is 0 Å². The summed E-state index contributed by atoms with van der Waals surface area (Å²) in [5.41, 5.74) is 6.64. The van der Waals surface area contributed by atoms with Crippen LogP contribution in [0.2, 0.25) is 0 Å². The van der Waals surface area contributed by atoms with E-state index >= 15 is 0 Å². The first-order valence-electron chi connectivity index (χ1n) is 4.77. The van der Waals surface area contributed by atoms with E-state index in [1.54, 1.807) is 11.8 Å². The fraction of sp³-hybridized carbons (Fsp3) is 0.455. The highest BCUT2D eigenvalue weighted by molar-refractivity contribution is 7.98. The molecule has 0 fully saturated rings. The average molecular weight is 211 g/mol. The van der Waals surface area contributed by atoms with E-state index in [4.69, 9.17) is 10.5 Å². The summed E-state index contributed by atoms with van der Waals surface area (Å²) >= 11 is 1.76. The van der Waals surface area contributed by atoms with Crippen molar-refractivity contribution in [3.05, 3.63) is 29.8 Å². The third-order valence-electron chi connectivity index (χ3n) is 1.96. The van der Waals surface area contributed by atoms with Crippen LogP contribution in [0, 0.1) is 0 Å². The molecule has 1 aromatic carbocycles. The number of thioether (sulfide) groups is 1. The van der Waals surface area contributed by atoms with Crippen LogP contribution in [0.5, 0.6) is 0 Å². The first kappa shape index (κ1) is 11.6. The molecule has 1 aromatic rings. The van der Waals surface area contributed by atoms with Crippen molar-refractivity contribution in [2.45, 2.75) is 11.3 Å². The second kappa shape index (κ2) is 6.87. The lowest BCUT2D eigenvalue weighted by atomic mass is 10.2. The Morgan fingerprint density at radius 1 is 1.21 bits per heavy atom. The molecule has 0 saturated heterocycles. The zero-order chi connectivity index (χ0) is 10.2. The summed E-state index contributed by atoms with van der Waals surface area (Å²) in [7, 11) is 0. The van der Waals surface area contributed by atoms with Crippen molar-refractivity contribution >= 4 is 11.8 Å². The minimum absolute atomic E-state index is 0.603. The normalized spacial score (nSPS) is 10.4. The molecule has 78 valence electrons. The predicted octanol–water partition coefficient (Wildman–Crippen LogP) is 1.93. The van der Waals surface area contributed by atoms with Gasteiger partial charge in [-0.1, -0.05) is 12.1 Å². The van der Waals surface area contributed by atoms with Gasteiger partial charge in [0.05, 0.1) is 13.2 Å². The standard InChI is InChI=1S/C11H17NOS/c1-14-11-4-2-10(3-5-11)6-8-13-9-7-12/h2-5H,6-9,12H2,1H3. The molecule has 3 heteroatoms. The number of nitrogens with two attached hydrogens (primary N) is 1. The van der Waals surface area contributed by atoms with Gasteiger partial charge >= 0.3 is 0 Å². The second-order valence-corrected chi connectivity index (χ2v) is 3.88. The van der Waals surface area contributed by atoms with Gasteiger partial charge in [-0.15, -0.1) is 11.8 Å². The van der Waals surface area contributed by atoms with Crippen LogP contribution in [0.1, 0.15) is 5.56 Å². The minimum Gasteiger partial charge on any atom is -0.380 e. The second-order valence-electron chi connectivity index (χ2n) is 3.00. The van der Waals surface area contributed by atoms with Crippen LogP contribution in [-0.2, 0) is 11.2 Å². The van der Waals surface area contributed by atoms with Gasteiger partial charge in [0, 0.05) is 11.4 Å².